The minimum absolute atomic E-state index is 0.0345. The molecule has 18 heavy (non-hydrogen) atoms. The highest BCUT2D eigenvalue weighted by molar-refractivity contribution is 5.79. The molecule has 0 saturated heterocycles. The smallest absolute Gasteiger partial charge is 0.227 e. The normalized spacial score (nSPS) is 16.3. The second-order valence-corrected chi connectivity index (χ2v) is 5.02. The number of rotatable bonds is 6. The van der Waals surface area contributed by atoms with E-state index in [0.717, 1.165) is 24.9 Å². The summed E-state index contributed by atoms with van der Waals surface area (Å²) in [6, 6.07) is 4.39. The molecule has 1 heterocycles. The molecule has 98 valence electrons. The van der Waals surface area contributed by atoms with Crippen LogP contribution in [0.4, 0.5) is 0 Å². The monoisotopic (exact) mass is 247 g/mol. The zero-order chi connectivity index (χ0) is 13.0. The van der Waals surface area contributed by atoms with Gasteiger partial charge in [0.2, 0.25) is 5.91 Å². The van der Waals surface area contributed by atoms with E-state index in [1.165, 1.54) is 0 Å². The average Bonchev–Trinajstić information content (AvgIpc) is 3.21. The maximum Gasteiger partial charge on any atom is 0.227 e. The highest BCUT2D eigenvalue weighted by atomic mass is 16.2. The van der Waals surface area contributed by atoms with E-state index in [0.29, 0.717) is 12.6 Å². The first kappa shape index (κ1) is 13.0. The number of carbonyl (C=O) groups is 1. The predicted molar refractivity (Wildman–Crippen MR) is 70.9 cm³/mol. The fraction of sp³-hybridized carbons (Fsp3) is 0.571. The van der Waals surface area contributed by atoms with Crippen LogP contribution in [0.15, 0.2) is 24.5 Å². The van der Waals surface area contributed by atoms with E-state index in [2.05, 4.69) is 10.3 Å². The molecule has 1 aromatic rings. The van der Waals surface area contributed by atoms with Gasteiger partial charge < -0.3 is 10.2 Å². The number of nitrogens with one attached hydrogen (secondary N) is 1. The van der Waals surface area contributed by atoms with Gasteiger partial charge in [-0.15, -0.1) is 0 Å². The second-order valence-electron chi connectivity index (χ2n) is 5.02. The second kappa shape index (κ2) is 5.96. The Labute approximate surface area is 108 Å². The fourth-order valence-electron chi connectivity index (χ4n) is 2.14. The Morgan fingerprint density at radius 1 is 1.61 bits per heavy atom. The van der Waals surface area contributed by atoms with Crippen molar-refractivity contribution < 1.29 is 4.79 Å². The first-order valence-corrected chi connectivity index (χ1v) is 6.56. The van der Waals surface area contributed by atoms with Gasteiger partial charge in [0.15, 0.2) is 0 Å². The van der Waals surface area contributed by atoms with Crippen molar-refractivity contribution in [2.75, 3.05) is 13.6 Å². The van der Waals surface area contributed by atoms with E-state index in [9.17, 15) is 4.79 Å². The molecule has 1 saturated carbocycles. The molecule has 2 rings (SSSR count). The average molecular weight is 247 g/mol. The van der Waals surface area contributed by atoms with Crippen LogP contribution in [0.2, 0.25) is 0 Å². The van der Waals surface area contributed by atoms with Crippen LogP contribution in [0.25, 0.3) is 0 Å². The van der Waals surface area contributed by atoms with E-state index in [4.69, 9.17) is 0 Å². The molecule has 1 aliphatic carbocycles. The molecule has 0 bridgehead atoms. The first-order valence-electron chi connectivity index (χ1n) is 6.56. The molecule has 1 aliphatic rings. The van der Waals surface area contributed by atoms with E-state index in [1.54, 1.807) is 6.20 Å². The van der Waals surface area contributed by atoms with Gasteiger partial charge in [-0.05, 0) is 31.5 Å². The van der Waals surface area contributed by atoms with Crippen molar-refractivity contribution in [3.8, 4) is 0 Å². The zero-order valence-electron chi connectivity index (χ0n) is 11.1. The van der Waals surface area contributed by atoms with Crippen LogP contribution >= 0.6 is 0 Å². The summed E-state index contributed by atoms with van der Waals surface area (Å²) in [5, 5.41) is 3.07. The van der Waals surface area contributed by atoms with E-state index < -0.39 is 0 Å². The van der Waals surface area contributed by atoms with Crippen molar-refractivity contribution >= 4 is 5.91 Å². The topological polar surface area (TPSA) is 45.2 Å². The third-order valence-corrected chi connectivity index (χ3v) is 3.28. The molecule has 1 atom stereocenters. The summed E-state index contributed by atoms with van der Waals surface area (Å²) in [6.07, 6.45) is 5.87. The van der Waals surface area contributed by atoms with Gasteiger partial charge in [0.25, 0.3) is 0 Å². The molecule has 4 heteroatoms. The lowest BCUT2D eigenvalue weighted by Crippen LogP contribution is -2.39. The lowest BCUT2D eigenvalue weighted by atomic mass is 10.1. The maximum atomic E-state index is 12.4. The number of pyridine rings is 1. The van der Waals surface area contributed by atoms with Crippen molar-refractivity contribution in [1.82, 2.24) is 15.2 Å². The molecule has 1 amide bonds. The number of amides is 1. The molecule has 1 aromatic heterocycles. The summed E-state index contributed by atoms with van der Waals surface area (Å²) >= 11 is 0. The van der Waals surface area contributed by atoms with Gasteiger partial charge in [-0.2, -0.15) is 0 Å². The van der Waals surface area contributed by atoms with Crippen molar-refractivity contribution in [1.29, 1.82) is 0 Å². The van der Waals surface area contributed by atoms with E-state index in [1.807, 2.05) is 37.2 Å². The minimum Gasteiger partial charge on any atom is -0.335 e. The molecule has 1 fully saturated rings. The Bertz CT molecular complexity index is 389. The highest BCUT2D eigenvalue weighted by Crippen LogP contribution is 2.29. The van der Waals surface area contributed by atoms with Crippen molar-refractivity contribution in [2.24, 2.45) is 5.92 Å². The van der Waals surface area contributed by atoms with Crippen LogP contribution < -0.4 is 5.32 Å². The van der Waals surface area contributed by atoms with E-state index >= 15 is 0 Å². The number of hydrogen-bond donors (Lipinski definition) is 1. The Hall–Kier alpha value is -1.42. The number of aromatic nitrogens is 1. The maximum absolute atomic E-state index is 12.4. The molecule has 0 aliphatic heterocycles. The minimum atomic E-state index is 0.0345. The molecule has 0 aromatic carbocycles. The number of nitrogens with zero attached hydrogens (tertiary/aromatic N) is 2. The largest absolute Gasteiger partial charge is 0.335 e. The molecular formula is C14H21N3O. The molecular weight excluding hydrogens is 226 g/mol. The van der Waals surface area contributed by atoms with Crippen molar-refractivity contribution in [3.63, 3.8) is 0 Å². The summed E-state index contributed by atoms with van der Waals surface area (Å²) in [5.41, 5.74) is 1.11. The van der Waals surface area contributed by atoms with Gasteiger partial charge in [-0.1, -0.05) is 13.0 Å². The van der Waals surface area contributed by atoms with Gasteiger partial charge in [-0.25, -0.2) is 0 Å². The molecule has 4 nitrogen and oxygen atoms in total. The van der Waals surface area contributed by atoms with Crippen molar-refractivity contribution in [2.45, 2.75) is 32.4 Å². The fourth-order valence-corrected chi connectivity index (χ4v) is 2.14. The summed E-state index contributed by atoms with van der Waals surface area (Å²) in [7, 11) is 1.88. The quantitative estimate of drug-likeness (QED) is 0.827. The van der Waals surface area contributed by atoms with Crippen LogP contribution in [-0.2, 0) is 11.3 Å². The van der Waals surface area contributed by atoms with Crippen LogP contribution in [0.3, 0.4) is 0 Å². The Kier molecular flexibility index (Phi) is 4.31. The molecule has 0 spiro atoms. The Morgan fingerprint density at radius 3 is 2.94 bits per heavy atom. The predicted octanol–water partition coefficient (Wildman–Crippen LogP) is 1.43. The number of carbonyl (C=O) groups excluding carboxylic acids is 1. The number of hydrogen-bond acceptors (Lipinski definition) is 3. The Balaban J connectivity index is 2.02. The first-order chi connectivity index (χ1) is 8.72. The molecule has 0 radical (unpaired) electrons. The third kappa shape index (κ3) is 3.29. The third-order valence-electron chi connectivity index (χ3n) is 3.28. The highest BCUT2D eigenvalue weighted by Gasteiger charge is 2.34. The van der Waals surface area contributed by atoms with Gasteiger partial charge in [-0.3, -0.25) is 9.78 Å². The summed E-state index contributed by atoms with van der Waals surface area (Å²) in [6.45, 7) is 3.40. The molecule has 1 unspecified atom stereocenters. The van der Waals surface area contributed by atoms with Crippen LogP contribution in [0.5, 0.6) is 0 Å². The summed E-state index contributed by atoms with van der Waals surface area (Å²) < 4.78 is 0. The summed E-state index contributed by atoms with van der Waals surface area (Å²) in [4.78, 5) is 18.5. The van der Waals surface area contributed by atoms with Crippen molar-refractivity contribution in [3.05, 3.63) is 30.1 Å². The zero-order valence-corrected chi connectivity index (χ0v) is 11.1. The van der Waals surface area contributed by atoms with Crippen LogP contribution in [0.1, 0.15) is 25.3 Å². The van der Waals surface area contributed by atoms with E-state index in [-0.39, 0.29) is 11.8 Å². The van der Waals surface area contributed by atoms with Gasteiger partial charge in [0.1, 0.15) is 0 Å². The SMILES string of the molecule is CNCC(C)C(=O)N(Cc1cccnc1)C1CC1. The molecule has 1 N–H and O–H groups in total. The van der Waals surface area contributed by atoms with Gasteiger partial charge >= 0.3 is 0 Å². The van der Waals surface area contributed by atoms with Gasteiger partial charge in [0, 0.05) is 37.4 Å². The van der Waals surface area contributed by atoms with Crippen LogP contribution in [-0.4, -0.2) is 35.4 Å². The van der Waals surface area contributed by atoms with Gasteiger partial charge in [0.05, 0.1) is 0 Å². The summed E-state index contributed by atoms with van der Waals surface area (Å²) in [5.74, 6) is 0.281. The van der Waals surface area contributed by atoms with Crippen LogP contribution in [0, 0.1) is 5.92 Å². The lowest BCUT2D eigenvalue weighted by molar-refractivity contribution is -0.136. The standard InChI is InChI=1S/C14H21N3O/c1-11(8-15-2)14(18)17(13-5-6-13)10-12-4-3-7-16-9-12/h3-4,7,9,11,13,15H,5-6,8,10H2,1-2H3. The Morgan fingerprint density at radius 2 is 2.39 bits per heavy atom. The lowest BCUT2D eigenvalue weighted by Gasteiger charge is -2.25.